The van der Waals surface area contributed by atoms with E-state index in [2.05, 4.69) is 0 Å². The molecule has 0 aliphatic carbocycles. The fourth-order valence-electron chi connectivity index (χ4n) is 3.65. The summed E-state index contributed by atoms with van der Waals surface area (Å²) < 4.78 is 16.6. The Kier molecular flexibility index (Phi) is 4.39. The van der Waals surface area contributed by atoms with Gasteiger partial charge < -0.3 is 24.1 Å². The molecule has 0 bridgehead atoms. The number of carboxylic acids is 1. The molecule has 0 unspecified atom stereocenters. The van der Waals surface area contributed by atoms with Gasteiger partial charge in [-0.2, -0.15) is 0 Å². The lowest BCUT2D eigenvalue weighted by atomic mass is 9.91. The highest BCUT2D eigenvalue weighted by Crippen LogP contribution is 2.43. The van der Waals surface area contributed by atoms with Crippen molar-refractivity contribution in [2.75, 3.05) is 14.2 Å². The SMILES string of the molecule is COc1ccc([C@H]2CC(=O)c3ccc4ccccc4c3O2)c(C(=O)[O-])c1OC. The van der Waals surface area contributed by atoms with Crippen molar-refractivity contribution in [1.29, 1.82) is 0 Å². The molecule has 3 aromatic carbocycles. The molecular weight excluding hydrogens is 360 g/mol. The molecule has 0 aromatic heterocycles. The molecule has 3 aromatic rings. The number of Topliss-reactive ketones (excluding diaryl/α,β-unsaturated/α-hetero) is 1. The quantitative estimate of drug-likeness (QED) is 0.695. The summed E-state index contributed by atoms with van der Waals surface area (Å²) in [5.74, 6) is -0.779. The molecule has 28 heavy (non-hydrogen) atoms. The zero-order valence-electron chi connectivity index (χ0n) is 15.4. The Labute approximate surface area is 161 Å². The highest BCUT2D eigenvalue weighted by Gasteiger charge is 2.32. The van der Waals surface area contributed by atoms with Gasteiger partial charge in [-0.3, -0.25) is 4.79 Å². The van der Waals surface area contributed by atoms with E-state index in [0.29, 0.717) is 16.9 Å². The van der Waals surface area contributed by atoms with Crippen molar-refractivity contribution in [2.45, 2.75) is 12.5 Å². The number of aromatic carboxylic acids is 1. The van der Waals surface area contributed by atoms with Crippen molar-refractivity contribution in [3.05, 3.63) is 65.2 Å². The van der Waals surface area contributed by atoms with E-state index in [1.807, 2.05) is 30.3 Å². The fourth-order valence-corrected chi connectivity index (χ4v) is 3.65. The number of hydrogen-bond donors (Lipinski definition) is 0. The van der Waals surface area contributed by atoms with Gasteiger partial charge in [0.2, 0.25) is 0 Å². The summed E-state index contributed by atoms with van der Waals surface area (Å²) in [5, 5.41) is 13.6. The number of ketones is 1. The lowest BCUT2D eigenvalue weighted by Crippen LogP contribution is -2.28. The molecular formula is C22H17O6-. The number of carboxylic acid groups (broad SMARTS) is 1. The minimum Gasteiger partial charge on any atom is -0.545 e. The van der Waals surface area contributed by atoms with E-state index in [1.165, 1.54) is 14.2 Å². The highest BCUT2D eigenvalue weighted by atomic mass is 16.5. The predicted octanol–water partition coefficient (Wildman–Crippen LogP) is 2.93. The van der Waals surface area contributed by atoms with Crippen LogP contribution in [0.25, 0.3) is 10.8 Å². The number of benzene rings is 3. The lowest BCUT2D eigenvalue weighted by Gasteiger charge is -2.29. The summed E-state index contributed by atoms with van der Waals surface area (Å²) in [6.07, 6.45) is -0.764. The zero-order valence-corrected chi connectivity index (χ0v) is 15.4. The van der Waals surface area contributed by atoms with Crippen LogP contribution in [0.4, 0.5) is 0 Å². The van der Waals surface area contributed by atoms with E-state index in [0.717, 1.165) is 10.8 Å². The topological polar surface area (TPSA) is 84.9 Å². The van der Waals surface area contributed by atoms with Gasteiger partial charge >= 0.3 is 0 Å². The molecule has 0 saturated carbocycles. The van der Waals surface area contributed by atoms with Crippen LogP contribution in [0.15, 0.2) is 48.5 Å². The molecule has 142 valence electrons. The number of rotatable bonds is 4. The van der Waals surface area contributed by atoms with Crippen LogP contribution in [0.1, 0.15) is 38.8 Å². The average molecular weight is 377 g/mol. The van der Waals surface area contributed by atoms with Gasteiger partial charge in [0.15, 0.2) is 17.3 Å². The van der Waals surface area contributed by atoms with E-state index < -0.39 is 12.1 Å². The molecule has 0 spiro atoms. The first-order chi connectivity index (χ1) is 13.5. The first-order valence-electron chi connectivity index (χ1n) is 8.73. The molecule has 0 saturated heterocycles. The first kappa shape index (κ1) is 17.9. The van der Waals surface area contributed by atoms with E-state index in [4.69, 9.17) is 14.2 Å². The first-order valence-corrected chi connectivity index (χ1v) is 8.73. The fraction of sp³-hybridized carbons (Fsp3) is 0.182. The smallest absolute Gasteiger partial charge is 0.170 e. The Balaban J connectivity index is 1.88. The Morgan fingerprint density at radius 2 is 1.86 bits per heavy atom. The van der Waals surface area contributed by atoms with E-state index in [-0.39, 0.29) is 29.3 Å². The van der Waals surface area contributed by atoms with Crippen molar-refractivity contribution in [3.63, 3.8) is 0 Å². The molecule has 1 aliphatic heterocycles. The molecule has 6 nitrogen and oxygen atoms in total. The van der Waals surface area contributed by atoms with Gasteiger partial charge in [0.25, 0.3) is 0 Å². The molecule has 0 radical (unpaired) electrons. The number of fused-ring (bicyclic) bond motifs is 3. The predicted molar refractivity (Wildman–Crippen MR) is 100 cm³/mol. The van der Waals surface area contributed by atoms with Gasteiger partial charge in [0.05, 0.1) is 37.7 Å². The number of carbonyl (C=O) groups excluding carboxylic acids is 2. The third-order valence-electron chi connectivity index (χ3n) is 4.94. The van der Waals surface area contributed by atoms with Crippen molar-refractivity contribution in [3.8, 4) is 17.2 Å². The maximum atomic E-state index is 12.8. The normalized spacial score (nSPS) is 15.6. The van der Waals surface area contributed by atoms with Crippen molar-refractivity contribution in [2.24, 2.45) is 0 Å². The van der Waals surface area contributed by atoms with Gasteiger partial charge in [0.1, 0.15) is 11.9 Å². The summed E-state index contributed by atoms with van der Waals surface area (Å²) in [6, 6.07) is 14.3. The molecule has 0 fully saturated rings. The van der Waals surface area contributed by atoms with Crippen LogP contribution in [0.5, 0.6) is 17.2 Å². The van der Waals surface area contributed by atoms with Crippen LogP contribution >= 0.6 is 0 Å². The molecule has 0 N–H and O–H groups in total. The van der Waals surface area contributed by atoms with Crippen molar-refractivity contribution in [1.82, 2.24) is 0 Å². The second-order valence-corrected chi connectivity index (χ2v) is 6.45. The Morgan fingerprint density at radius 3 is 2.57 bits per heavy atom. The van der Waals surface area contributed by atoms with E-state index in [1.54, 1.807) is 18.2 Å². The van der Waals surface area contributed by atoms with Gasteiger partial charge in [-0.05, 0) is 17.5 Å². The van der Waals surface area contributed by atoms with Gasteiger partial charge in [-0.1, -0.05) is 36.4 Å². The molecule has 0 amide bonds. The molecule has 6 heteroatoms. The van der Waals surface area contributed by atoms with Crippen molar-refractivity contribution < 1.29 is 28.9 Å². The zero-order chi connectivity index (χ0) is 19.8. The minimum atomic E-state index is -1.43. The van der Waals surface area contributed by atoms with Gasteiger partial charge in [-0.15, -0.1) is 0 Å². The summed E-state index contributed by atoms with van der Waals surface area (Å²) in [7, 11) is 2.77. The lowest BCUT2D eigenvalue weighted by molar-refractivity contribution is -0.255. The van der Waals surface area contributed by atoms with Gasteiger partial charge in [0, 0.05) is 10.9 Å². The van der Waals surface area contributed by atoms with Crippen LogP contribution in [0.2, 0.25) is 0 Å². The minimum absolute atomic E-state index is 0.0150. The standard InChI is InChI=1S/C22H18O6/c1-26-17-10-9-15(19(22(24)25)21(17)27-2)18-11-16(23)14-8-7-12-5-3-4-6-13(12)20(14)28-18/h3-10,18H,11H2,1-2H3,(H,24,25)/p-1/t18-/m1/s1. The summed E-state index contributed by atoms with van der Waals surface area (Å²) in [5.41, 5.74) is 0.623. The molecule has 4 rings (SSSR count). The van der Waals surface area contributed by atoms with Crippen LogP contribution < -0.4 is 19.3 Å². The summed E-state index contributed by atoms with van der Waals surface area (Å²) >= 11 is 0. The maximum Gasteiger partial charge on any atom is 0.170 e. The van der Waals surface area contributed by atoms with Crippen LogP contribution in [0.3, 0.4) is 0 Å². The van der Waals surface area contributed by atoms with Crippen LogP contribution in [0, 0.1) is 0 Å². The second-order valence-electron chi connectivity index (χ2n) is 6.45. The van der Waals surface area contributed by atoms with E-state index in [9.17, 15) is 14.7 Å². The van der Waals surface area contributed by atoms with Crippen LogP contribution in [-0.4, -0.2) is 26.0 Å². The Morgan fingerprint density at radius 1 is 1.07 bits per heavy atom. The van der Waals surface area contributed by atoms with E-state index >= 15 is 0 Å². The third-order valence-corrected chi connectivity index (χ3v) is 4.94. The number of hydrogen-bond acceptors (Lipinski definition) is 6. The second kappa shape index (κ2) is 6.88. The summed E-state index contributed by atoms with van der Waals surface area (Å²) in [4.78, 5) is 24.6. The number of methoxy groups -OCH3 is 2. The number of ether oxygens (including phenoxy) is 3. The molecule has 1 atom stereocenters. The Hall–Kier alpha value is -3.54. The molecule has 1 heterocycles. The summed E-state index contributed by atoms with van der Waals surface area (Å²) in [6.45, 7) is 0. The Bertz CT molecular complexity index is 1100. The largest absolute Gasteiger partial charge is 0.545 e. The molecule has 1 aliphatic rings. The van der Waals surface area contributed by atoms with Crippen molar-refractivity contribution >= 4 is 22.5 Å². The third kappa shape index (κ3) is 2.74. The van der Waals surface area contributed by atoms with Gasteiger partial charge in [-0.25, -0.2) is 0 Å². The monoisotopic (exact) mass is 377 g/mol. The highest BCUT2D eigenvalue weighted by molar-refractivity contribution is 6.06. The average Bonchev–Trinajstić information content (AvgIpc) is 2.72. The van der Waals surface area contributed by atoms with Crippen LogP contribution in [-0.2, 0) is 0 Å². The number of carbonyl (C=O) groups is 2. The maximum absolute atomic E-state index is 12.8.